The van der Waals surface area contributed by atoms with E-state index >= 15 is 0 Å². The fraction of sp³-hybridized carbons (Fsp3) is 0.294. The van der Waals surface area contributed by atoms with Crippen molar-refractivity contribution in [2.75, 3.05) is 6.54 Å². The normalized spacial score (nSPS) is 11.2. The summed E-state index contributed by atoms with van der Waals surface area (Å²) in [5.74, 6) is 0.0844. The second-order valence-corrected chi connectivity index (χ2v) is 5.00. The molecule has 2 N–H and O–H groups in total. The minimum absolute atomic E-state index is 0.0844. The average molecular weight is 284 g/mol. The zero-order valence-corrected chi connectivity index (χ0v) is 12.4. The summed E-state index contributed by atoms with van der Waals surface area (Å²) in [6.45, 7) is 4.28. The topological polar surface area (TPSA) is 65.7 Å². The number of hydrogen-bond donors (Lipinski definition) is 2. The van der Waals surface area contributed by atoms with Gasteiger partial charge in [-0.05, 0) is 31.4 Å². The molecule has 1 aromatic carbocycles. The summed E-state index contributed by atoms with van der Waals surface area (Å²) in [4.78, 5) is 8.39. The first-order valence-corrected chi connectivity index (χ1v) is 6.96. The number of aliphatic hydroxyl groups excluding tert-OH is 1. The molecule has 0 amide bonds. The lowest BCUT2D eigenvalue weighted by Crippen LogP contribution is -1.99. The second kappa shape index (κ2) is 6.99. The van der Waals surface area contributed by atoms with Crippen molar-refractivity contribution in [3.63, 3.8) is 0 Å². The Morgan fingerprint density at radius 1 is 1.19 bits per heavy atom. The summed E-state index contributed by atoms with van der Waals surface area (Å²) in [5, 5.41) is 19.3. The first-order valence-electron chi connectivity index (χ1n) is 6.96. The van der Waals surface area contributed by atoms with Crippen molar-refractivity contribution in [3.8, 4) is 5.75 Å². The standard InChI is InChI=1S/C17H20N2O2/c1-12-5-3-4-6-14(12)7-8-18-10-16-15(11-20)9-19-13(2)17(16)21/h3-6,9-10,20-21H,7-8,11H2,1-2H3. The molecule has 0 saturated heterocycles. The van der Waals surface area contributed by atoms with Crippen molar-refractivity contribution >= 4 is 6.21 Å². The van der Waals surface area contributed by atoms with E-state index in [-0.39, 0.29) is 12.4 Å². The summed E-state index contributed by atoms with van der Waals surface area (Å²) in [6.07, 6.45) is 4.04. The van der Waals surface area contributed by atoms with Crippen LogP contribution in [0.25, 0.3) is 0 Å². The van der Waals surface area contributed by atoms with Crippen LogP contribution in [0, 0.1) is 13.8 Å². The largest absolute Gasteiger partial charge is 0.505 e. The Hall–Kier alpha value is -2.20. The Bertz CT molecular complexity index is 651. The van der Waals surface area contributed by atoms with E-state index < -0.39 is 0 Å². The number of aromatic hydroxyl groups is 1. The van der Waals surface area contributed by atoms with Gasteiger partial charge in [-0.25, -0.2) is 0 Å². The van der Waals surface area contributed by atoms with Gasteiger partial charge in [0.1, 0.15) is 5.75 Å². The van der Waals surface area contributed by atoms with Gasteiger partial charge in [0.15, 0.2) is 0 Å². The van der Waals surface area contributed by atoms with Gasteiger partial charge in [-0.1, -0.05) is 24.3 Å². The number of aryl methyl sites for hydroxylation is 2. The van der Waals surface area contributed by atoms with Crippen molar-refractivity contribution in [1.82, 2.24) is 4.98 Å². The molecule has 2 rings (SSSR count). The number of rotatable bonds is 5. The van der Waals surface area contributed by atoms with Crippen LogP contribution in [0.5, 0.6) is 5.75 Å². The molecule has 0 aliphatic rings. The predicted octanol–water partition coefficient (Wildman–Crippen LogP) is 2.56. The molecule has 110 valence electrons. The number of aliphatic hydroxyl groups is 1. The van der Waals surface area contributed by atoms with Crippen LogP contribution in [-0.4, -0.2) is 28.0 Å². The maximum absolute atomic E-state index is 10.0. The zero-order chi connectivity index (χ0) is 15.2. The van der Waals surface area contributed by atoms with E-state index in [1.807, 2.05) is 12.1 Å². The molecule has 2 aromatic rings. The second-order valence-electron chi connectivity index (χ2n) is 5.00. The van der Waals surface area contributed by atoms with Crippen LogP contribution in [0.2, 0.25) is 0 Å². The highest BCUT2D eigenvalue weighted by atomic mass is 16.3. The first kappa shape index (κ1) is 15.2. The van der Waals surface area contributed by atoms with Crippen LogP contribution in [-0.2, 0) is 13.0 Å². The Labute approximate surface area is 124 Å². The molecule has 1 aromatic heterocycles. The lowest BCUT2D eigenvalue weighted by atomic mass is 10.1. The highest BCUT2D eigenvalue weighted by Crippen LogP contribution is 2.21. The van der Waals surface area contributed by atoms with E-state index in [2.05, 4.69) is 29.0 Å². The highest BCUT2D eigenvalue weighted by Gasteiger charge is 2.08. The van der Waals surface area contributed by atoms with Crippen LogP contribution < -0.4 is 0 Å². The monoisotopic (exact) mass is 284 g/mol. The van der Waals surface area contributed by atoms with Gasteiger partial charge in [-0.15, -0.1) is 0 Å². The number of nitrogens with zero attached hydrogens (tertiary/aromatic N) is 2. The Kier molecular flexibility index (Phi) is 5.06. The smallest absolute Gasteiger partial charge is 0.145 e. The van der Waals surface area contributed by atoms with E-state index in [1.165, 1.54) is 11.1 Å². The Morgan fingerprint density at radius 2 is 1.95 bits per heavy atom. The molecular formula is C17H20N2O2. The summed E-state index contributed by atoms with van der Waals surface area (Å²) in [7, 11) is 0. The van der Waals surface area contributed by atoms with Gasteiger partial charge < -0.3 is 10.2 Å². The minimum atomic E-state index is -0.167. The molecule has 0 aliphatic heterocycles. The molecule has 0 atom stereocenters. The number of aromatic nitrogens is 1. The highest BCUT2D eigenvalue weighted by molar-refractivity contribution is 5.85. The molecule has 0 radical (unpaired) electrons. The van der Waals surface area contributed by atoms with Gasteiger partial charge in [0.25, 0.3) is 0 Å². The van der Waals surface area contributed by atoms with E-state index in [0.717, 1.165) is 6.42 Å². The summed E-state index contributed by atoms with van der Waals surface area (Å²) in [5.41, 5.74) is 4.19. The van der Waals surface area contributed by atoms with Crippen molar-refractivity contribution in [2.45, 2.75) is 26.9 Å². The molecule has 0 saturated carbocycles. The number of pyridine rings is 1. The van der Waals surface area contributed by atoms with Crippen LogP contribution in [0.15, 0.2) is 35.5 Å². The molecule has 0 fully saturated rings. The molecule has 1 heterocycles. The van der Waals surface area contributed by atoms with E-state index in [9.17, 15) is 10.2 Å². The van der Waals surface area contributed by atoms with Crippen LogP contribution in [0.3, 0.4) is 0 Å². The fourth-order valence-electron chi connectivity index (χ4n) is 2.15. The SMILES string of the molecule is Cc1ccccc1CCN=Cc1c(CO)cnc(C)c1O. The lowest BCUT2D eigenvalue weighted by Gasteiger charge is -2.07. The van der Waals surface area contributed by atoms with Gasteiger partial charge in [-0.2, -0.15) is 0 Å². The Balaban J connectivity index is 2.08. The van der Waals surface area contributed by atoms with E-state index in [1.54, 1.807) is 19.3 Å². The average Bonchev–Trinajstić information content (AvgIpc) is 2.49. The molecule has 4 heteroatoms. The fourth-order valence-corrected chi connectivity index (χ4v) is 2.15. The molecule has 0 unspecified atom stereocenters. The van der Waals surface area contributed by atoms with Crippen LogP contribution in [0.4, 0.5) is 0 Å². The number of benzene rings is 1. The maximum Gasteiger partial charge on any atom is 0.145 e. The minimum Gasteiger partial charge on any atom is -0.505 e. The van der Waals surface area contributed by atoms with Crippen molar-refractivity contribution < 1.29 is 10.2 Å². The van der Waals surface area contributed by atoms with Crippen LogP contribution in [0.1, 0.15) is 27.9 Å². The zero-order valence-electron chi connectivity index (χ0n) is 12.4. The van der Waals surface area contributed by atoms with Crippen molar-refractivity contribution in [2.24, 2.45) is 4.99 Å². The summed E-state index contributed by atoms with van der Waals surface area (Å²) in [6, 6.07) is 8.22. The van der Waals surface area contributed by atoms with Crippen LogP contribution >= 0.6 is 0 Å². The van der Waals surface area contributed by atoms with Gasteiger partial charge in [0, 0.05) is 30.1 Å². The molecule has 0 aliphatic carbocycles. The third-order valence-corrected chi connectivity index (χ3v) is 3.52. The third kappa shape index (κ3) is 3.67. The predicted molar refractivity (Wildman–Crippen MR) is 83.9 cm³/mol. The number of aliphatic imine (C=N–C) groups is 1. The summed E-state index contributed by atoms with van der Waals surface area (Å²) >= 11 is 0. The molecule has 4 nitrogen and oxygen atoms in total. The molecule has 0 spiro atoms. The summed E-state index contributed by atoms with van der Waals surface area (Å²) < 4.78 is 0. The van der Waals surface area contributed by atoms with E-state index in [0.29, 0.717) is 23.4 Å². The quantitative estimate of drug-likeness (QED) is 0.829. The van der Waals surface area contributed by atoms with Gasteiger partial charge in [0.05, 0.1) is 12.3 Å². The third-order valence-electron chi connectivity index (χ3n) is 3.52. The number of hydrogen-bond acceptors (Lipinski definition) is 4. The van der Waals surface area contributed by atoms with Gasteiger partial charge in [0.2, 0.25) is 0 Å². The molecule has 21 heavy (non-hydrogen) atoms. The Morgan fingerprint density at radius 3 is 2.67 bits per heavy atom. The van der Waals surface area contributed by atoms with Crippen molar-refractivity contribution in [3.05, 3.63) is 58.4 Å². The van der Waals surface area contributed by atoms with Crippen molar-refractivity contribution in [1.29, 1.82) is 0 Å². The van der Waals surface area contributed by atoms with E-state index in [4.69, 9.17) is 0 Å². The van der Waals surface area contributed by atoms with Gasteiger partial charge >= 0.3 is 0 Å². The first-order chi connectivity index (χ1) is 10.1. The maximum atomic E-state index is 10.0. The van der Waals surface area contributed by atoms with Gasteiger partial charge in [-0.3, -0.25) is 9.98 Å². The lowest BCUT2D eigenvalue weighted by molar-refractivity contribution is 0.280. The molecular weight excluding hydrogens is 264 g/mol. The molecule has 0 bridgehead atoms.